The third kappa shape index (κ3) is 6.59. The lowest BCUT2D eigenvalue weighted by atomic mass is 9.69. The van der Waals surface area contributed by atoms with Gasteiger partial charge in [0, 0.05) is 29.3 Å². The van der Waals surface area contributed by atoms with E-state index in [1.54, 1.807) is 14.2 Å². The number of nitrogens with zero attached hydrogens (tertiary/aromatic N) is 1. The molecule has 2 aliphatic rings. The molecule has 0 fully saturated rings. The lowest BCUT2D eigenvalue weighted by Crippen LogP contribution is -2.38. The second-order valence-corrected chi connectivity index (χ2v) is 11.7. The van der Waals surface area contributed by atoms with Gasteiger partial charge < -0.3 is 18.9 Å². The van der Waals surface area contributed by atoms with E-state index in [1.165, 1.54) is 0 Å². The zero-order valence-corrected chi connectivity index (χ0v) is 26.3. The quantitative estimate of drug-likeness (QED) is 0.171. The third-order valence-corrected chi connectivity index (χ3v) is 8.71. The van der Waals surface area contributed by atoms with Crippen molar-refractivity contribution in [1.82, 2.24) is 0 Å². The van der Waals surface area contributed by atoms with Gasteiger partial charge in [-0.15, -0.1) is 0 Å². The first kappa shape index (κ1) is 30.8. The van der Waals surface area contributed by atoms with Crippen LogP contribution in [0.1, 0.15) is 53.9 Å². The Morgan fingerprint density at radius 3 is 2.15 bits per heavy atom. The van der Waals surface area contributed by atoms with E-state index in [2.05, 4.69) is 0 Å². The zero-order chi connectivity index (χ0) is 32.0. The van der Waals surface area contributed by atoms with Crippen molar-refractivity contribution in [2.24, 2.45) is 10.9 Å². The van der Waals surface area contributed by atoms with Crippen molar-refractivity contribution in [3.05, 3.63) is 137 Å². The van der Waals surface area contributed by atoms with Crippen LogP contribution >= 0.6 is 0 Å². The van der Waals surface area contributed by atoms with Gasteiger partial charge in [-0.1, -0.05) is 78.9 Å². The monoisotopic (exact) mass is 615 g/mol. The van der Waals surface area contributed by atoms with Crippen molar-refractivity contribution in [3.63, 3.8) is 0 Å². The van der Waals surface area contributed by atoms with E-state index in [9.17, 15) is 9.59 Å². The molecule has 6 rings (SSSR count). The molecule has 234 valence electrons. The van der Waals surface area contributed by atoms with Crippen LogP contribution in [0.5, 0.6) is 17.2 Å². The number of esters is 1. The number of ether oxygens (including phenoxy) is 4. The number of benzene rings is 4. The number of methoxy groups -OCH3 is 2. The fourth-order valence-corrected chi connectivity index (χ4v) is 6.42. The molecule has 4 aromatic rings. The van der Waals surface area contributed by atoms with Crippen molar-refractivity contribution >= 4 is 17.5 Å². The van der Waals surface area contributed by atoms with E-state index in [4.69, 9.17) is 23.9 Å². The molecule has 0 radical (unpaired) electrons. The van der Waals surface area contributed by atoms with Gasteiger partial charge in [0.05, 0.1) is 14.2 Å². The van der Waals surface area contributed by atoms with Gasteiger partial charge in [0.2, 0.25) is 0 Å². The summed E-state index contributed by atoms with van der Waals surface area (Å²) in [5, 5.41) is 0. The minimum atomic E-state index is -0.756. The van der Waals surface area contributed by atoms with Crippen LogP contribution in [0.2, 0.25) is 0 Å². The molecule has 0 bridgehead atoms. The van der Waals surface area contributed by atoms with Crippen LogP contribution in [0.15, 0.2) is 119 Å². The summed E-state index contributed by atoms with van der Waals surface area (Å²) < 4.78 is 23.0. The first-order valence-corrected chi connectivity index (χ1v) is 15.5. The molecule has 1 unspecified atom stereocenters. The fraction of sp³-hybridized carbons (Fsp3) is 0.256. The minimum Gasteiger partial charge on any atom is -0.493 e. The first-order valence-electron chi connectivity index (χ1n) is 15.5. The Morgan fingerprint density at radius 1 is 0.761 bits per heavy atom. The van der Waals surface area contributed by atoms with Crippen LogP contribution in [-0.4, -0.2) is 31.7 Å². The number of aliphatic imine (C=N–C) groups is 1. The van der Waals surface area contributed by atoms with E-state index in [-0.39, 0.29) is 24.7 Å². The Morgan fingerprint density at radius 2 is 1.46 bits per heavy atom. The summed E-state index contributed by atoms with van der Waals surface area (Å²) in [5.74, 6) is 0.0548. The Hall–Kier alpha value is -5.17. The molecule has 1 aliphatic heterocycles. The number of allylic oxidation sites excluding steroid dienone is 2. The molecule has 0 spiro atoms. The second kappa shape index (κ2) is 13.9. The van der Waals surface area contributed by atoms with Gasteiger partial charge in [0.15, 0.2) is 17.3 Å². The lowest BCUT2D eigenvalue weighted by molar-refractivity contribution is -0.148. The van der Waals surface area contributed by atoms with E-state index in [0.717, 1.165) is 22.3 Å². The SMILES string of the molecule is COc1ccc([C@H]2CC(=O)C3=C(C2)N=C(C)C(C(=O)OCc2ccccc2)[C@@H]3c2cccc(OCc3ccccc3)c2)cc1OC. The van der Waals surface area contributed by atoms with Gasteiger partial charge in [-0.05, 0) is 65.8 Å². The van der Waals surface area contributed by atoms with E-state index < -0.39 is 17.8 Å². The van der Waals surface area contributed by atoms with E-state index in [1.807, 2.05) is 110 Å². The minimum absolute atomic E-state index is 0.0289. The number of carbonyl (C=O) groups is 2. The number of hydrogen-bond donors (Lipinski definition) is 0. The van der Waals surface area contributed by atoms with Crippen molar-refractivity contribution in [2.45, 2.75) is 44.8 Å². The van der Waals surface area contributed by atoms with Gasteiger partial charge in [-0.2, -0.15) is 0 Å². The fourth-order valence-electron chi connectivity index (χ4n) is 6.42. The Kier molecular flexibility index (Phi) is 9.29. The molecular formula is C39H37NO6. The number of ketones is 1. The van der Waals surface area contributed by atoms with E-state index >= 15 is 0 Å². The molecule has 0 aromatic heterocycles. The van der Waals surface area contributed by atoms with Crippen LogP contribution in [-0.2, 0) is 27.5 Å². The molecule has 46 heavy (non-hydrogen) atoms. The highest BCUT2D eigenvalue weighted by Gasteiger charge is 2.45. The standard InChI is InChI=1S/C39H37NO6/c1-25-36(39(42)46-24-27-13-8-5-9-14-27)37(29-15-10-16-31(19-29)45-23-26-11-6-4-7-12-26)38-32(40-25)20-30(21-33(38)41)28-17-18-34(43-2)35(22-28)44-3/h4-19,22,30,36-37H,20-21,23-24H2,1-3H3/t30-,36?,37+/m1/s1. The second-order valence-electron chi connectivity index (χ2n) is 11.7. The van der Waals surface area contributed by atoms with Crippen LogP contribution < -0.4 is 14.2 Å². The maximum Gasteiger partial charge on any atom is 0.315 e. The number of Topliss-reactive ketones (excluding diaryl/α,β-unsaturated/α-hetero) is 1. The lowest BCUT2D eigenvalue weighted by Gasteiger charge is -2.36. The highest BCUT2D eigenvalue weighted by molar-refractivity contribution is 6.09. The molecule has 0 amide bonds. The summed E-state index contributed by atoms with van der Waals surface area (Å²) >= 11 is 0. The molecule has 1 heterocycles. The normalized spacial score (nSPS) is 19.2. The predicted molar refractivity (Wildman–Crippen MR) is 176 cm³/mol. The summed E-state index contributed by atoms with van der Waals surface area (Å²) in [7, 11) is 3.20. The molecular weight excluding hydrogens is 578 g/mol. The largest absolute Gasteiger partial charge is 0.493 e. The molecule has 7 heteroatoms. The van der Waals surface area contributed by atoms with Gasteiger partial charge in [-0.25, -0.2) is 0 Å². The molecule has 0 saturated carbocycles. The highest BCUT2D eigenvalue weighted by atomic mass is 16.5. The average molecular weight is 616 g/mol. The molecule has 4 aromatic carbocycles. The first-order chi connectivity index (χ1) is 22.4. The maximum absolute atomic E-state index is 14.2. The molecule has 7 nitrogen and oxygen atoms in total. The number of rotatable bonds is 10. The summed E-state index contributed by atoms with van der Waals surface area (Å²) in [6, 6.07) is 33.0. The van der Waals surface area contributed by atoms with Gasteiger partial charge in [0.25, 0.3) is 0 Å². The smallest absolute Gasteiger partial charge is 0.315 e. The van der Waals surface area contributed by atoms with Crippen molar-refractivity contribution in [1.29, 1.82) is 0 Å². The van der Waals surface area contributed by atoms with Gasteiger partial charge in [0.1, 0.15) is 24.9 Å². The van der Waals surface area contributed by atoms with Gasteiger partial charge in [-0.3, -0.25) is 14.6 Å². The topological polar surface area (TPSA) is 83.4 Å². The third-order valence-electron chi connectivity index (χ3n) is 8.71. The predicted octanol–water partition coefficient (Wildman–Crippen LogP) is 7.60. The highest BCUT2D eigenvalue weighted by Crippen LogP contribution is 2.48. The van der Waals surface area contributed by atoms with Crippen LogP contribution in [0.4, 0.5) is 0 Å². The number of hydrogen-bond acceptors (Lipinski definition) is 7. The number of carbonyl (C=O) groups excluding carboxylic acids is 2. The summed E-state index contributed by atoms with van der Waals surface area (Å²) in [5.41, 5.74) is 5.63. The molecule has 1 aliphatic carbocycles. The van der Waals surface area contributed by atoms with Crippen LogP contribution in [0, 0.1) is 5.92 Å². The summed E-state index contributed by atoms with van der Waals surface area (Å²) in [6.07, 6.45) is 0.843. The maximum atomic E-state index is 14.2. The Labute approximate surface area is 269 Å². The molecule has 0 N–H and O–H groups in total. The van der Waals surface area contributed by atoms with Crippen LogP contribution in [0.3, 0.4) is 0 Å². The van der Waals surface area contributed by atoms with Crippen molar-refractivity contribution in [2.75, 3.05) is 14.2 Å². The van der Waals surface area contributed by atoms with Crippen LogP contribution in [0.25, 0.3) is 0 Å². The van der Waals surface area contributed by atoms with E-state index in [0.29, 0.717) is 47.3 Å². The molecule has 3 atom stereocenters. The van der Waals surface area contributed by atoms with Gasteiger partial charge >= 0.3 is 5.97 Å². The summed E-state index contributed by atoms with van der Waals surface area (Å²) in [6.45, 7) is 2.39. The molecule has 0 saturated heterocycles. The Bertz CT molecular complexity index is 1780. The zero-order valence-electron chi connectivity index (χ0n) is 26.3. The average Bonchev–Trinajstić information content (AvgIpc) is 3.09. The summed E-state index contributed by atoms with van der Waals surface area (Å²) in [4.78, 5) is 32.9. The Balaban J connectivity index is 1.35. The van der Waals surface area contributed by atoms with Crippen molar-refractivity contribution in [3.8, 4) is 17.2 Å². The van der Waals surface area contributed by atoms with Crippen molar-refractivity contribution < 1.29 is 28.5 Å².